The standard InChI is InChI=1S/C54H50N6S3/c1-3-5-7-9-19-37-35-51(40-33-47(43-23-13-17-29-57-43)60-48(34-40)44-24-14-18-30-58-44)62-53(37)54-38(20-10-8-6-4-2)36-52(63-54)50-26-25-49(61-50)39-31-45(41-21-11-15-27-55-41)59-46(32-39)42-22-12-16-28-56-42/h11-18,21-36H,3-10,19-20H2,1-2H3. The normalized spacial score (nSPS) is 11.3. The largest absolute Gasteiger partial charge is 0.255 e. The molecule has 0 saturated carbocycles. The zero-order chi connectivity index (χ0) is 42.8. The number of thiophene rings is 3. The van der Waals surface area contributed by atoms with Gasteiger partial charge in [0.1, 0.15) is 0 Å². The number of aryl methyl sites for hydroxylation is 2. The lowest BCUT2D eigenvalue weighted by Gasteiger charge is -2.08. The molecule has 9 rings (SSSR count). The number of nitrogens with zero attached hydrogens (tertiary/aromatic N) is 6. The highest BCUT2D eigenvalue weighted by Crippen LogP contribution is 2.48. The summed E-state index contributed by atoms with van der Waals surface area (Å²) < 4.78 is 0. The predicted octanol–water partition coefficient (Wildman–Crippen LogP) is 15.8. The maximum Gasteiger partial charge on any atom is 0.0900 e. The molecule has 0 saturated heterocycles. The lowest BCUT2D eigenvalue weighted by Crippen LogP contribution is -1.93. The van der Waals surface area contributed by atoms with E-state index in [1.54, 1.807) is 0 Å². The van der Waals surface area contributed by atoms with Crippen molar-refractivity contribution < 1.29 is 0 Å². The van der Waals surface area contributed by atoms with Crippen LogP contribution in [-0.2, 0) is 12.8 Å². The van der Waals surface area contributed by atoms with E-state index in [4.69, 9.17) is 19.9 Å². The second-order valence-electron chi connectivity index (χ2n) is 15.8. The van der Waals surface area contributed by atoms with Crippen LogP contribution in [0.2, 0.25) is 0 Å². The topological polar surface area (TPSA) is 77.3 Å². The third-order valence-electron chi connectivity index (χ3n) is 11.2. The van der Waals surface area contributed by atoms with Crippen LogP contribution < -0.4 is 0 Å². The van der Waals surface area contributed by atoms with Gasteiger partial charge < -0.3 is 0 Å². The molecule has 0 radical (unpaired) electrons. The molecule has 9 heterocycles. The van der Waals surface area contributed by atoms with Gasteiger partial charge >= 0.3 is 0 Å². The van der Waals surface area contributed by atoms with Gasteiger partial charge in [0.05, 0.1) is 45.6 Å². The molecule has 0 fully saturated rings. The van der Waals surface area contributed by atoms with Crippen LogP contribution in [0.5, 0.6) is 0 Å². The van der Waals surface area contributed by atoms with Crippen molar-refractivity contribution in [3.05, 3.63) is 157 Å². The van der Waals surface area contributed by atoms with E-state index in [2.05, 4.69) is 72.3 Å². The number of rotatable bonds is 18. The fourth-order valence-corrected chi connectivity index (χ4v) is 11.6. The molecule has 314 valence electrons. The van der Waals surface area contributed by atoms with Crippen LogP contribution in [0.25, 0.3) is 85.9 Å². The minimum Gasteiger partial charge on any atom is -0.255 e. The number of pyridine rings is 6. The number of hydrogen-bond donors (Lipinski definition) is 0. The molecule has 0 bridgehead atoms. The third-order valence-corrected chi connectivity index (χ3v) is 15.1. The highest BCUT2D eigenvalue weighted by Gasteiger charge is 2.22. The molecular formula is C54H50N6S3. The Morgan fingerprint density at radius 1 is 0.349 bits per heavy atom. The lowest BCUT2D eigenvalue weighted by molar-refractivity contribution is 0.666. The van der Waals surface area contributed by atoms with Crippen molar-refractivity contribution >= 4 is 34.0 Å². The van der Waals surface area contributed by atoms with E-state index < -0.39 is 0 Å². The molecule has 0 aliphatic heterocycles. The molecule has 0 aromatic carbocycles. The first kappa shape index (κ1) is 42.3. The molecule has 9 heteroatoms. The number of unbranched alkanes of at least 4 members (excludes halogenated alkanes) is 6. The number of hydrogen-bond acceptors (Lipinski definition) is 9. The second-order valence-corrected chi connectivity index (χ2v) is 19.0. The van der Waals surface area contributed by atoms with Crippen molar-refractivity contribution in [3.63, 3.8) is 0 Å². The van der Waals surface area contributed by atoms with Gasteiger partial charge in [0.2, 0.25) is 0 Å². The van der Waals surface area contributed by atoms with Crippen molar-refractivity contribution in [2.45, 2.75) is 78.1 Å². The van der Waals surface area contributed by atoms with E-state index in [-0.39, 0.29) is 0 Å². The predicted molar refractivity (Wildman–Crippen MR) is 266 cm³/mol. The van der Waals surface area contributed by atoms with Crippen molar-refractivity contribution in [1.82, 2.24) is 29.9 Å². The molecule has 0 atom stereocenters. The van der Waals surface area contributed by atoms with Crippen LogP contribution in [0.4, 0.5) is 0 Å². The van der Waals surface area contributed by atoms with Crippen LogP contribution >= 0.6 is 34.0 Å². The van der Waals surface area contributed by atoms with Gasteiger partial charge in [-0.25, -0.2) is 9.97 Å². The number of aromatic nitrogens is 6. The smallest absolute Gasteiger partial charge is 0.0900 e. The molecule has 63 heavy (non-hydrogen) atoms. The summed E-state index contributed by atoms with van der Waals surface area (Å²) in [6.07, 6.45) is 19.3. The Morgan fingerprint density at radius 3 is 1.16 bits per heavy atom. The minimum absolute atomic E-state index is 0.838. The Kier molecular flexibility index (Phi) is 13.7. The van der Waals surface area contributed by atoms with Gasteiger partial charge in [-0.15, -0.1) is 34.0 Å². The molecule has 0 N–H and O–H groups in total. The van der Waals surface area contributed by atoms with Gasteiger partial charge in [0.15, 0.2) is 0 Å². The SMILES string of the molecule is CCCCCCc1cc(-c2cc(-c3ccccn3)nc(-c3ccccn3)c2)sc1-c1sc(-c2ccc(-c3cc(-c4ccccn4)nc(-c4ccccn4)c3)s2)cc1CCCCCC. The maximum atomic E-state index is 5.09. The molecule has 0 spiro atoms. The van der Waals surface area contributed by atoms with Crippen LogP contribution in [0.3, 0.4) is 0 Å². The Hall–Kier alpha value is -6.00. The first-order valence-electron chi connectivity index (χ1n) is 22.2. The lowest BCUT2D eigenvalue weighted by atomic mass is 10.0. The van der Waals surface area contributed by atoms with Gasteiger partial charge in [-0.1, -0.05) is 76.6 Å². The first-order chi connectivity index (χ1) is 31.1. The summed E-state index contributed by atoms with van der Waals surface area (Å²) in [5.74, 6) is 0. The Bertz CT molecular complexity index is 2750. The summed E-state index contributed by atoms with van der Waals surface area (Å²) in [6, 6.07) is 42.3. The molecular weight excluding hydrogens is 829 g/mol. The summed E-state index contributed by atoms with van der Waals surface area (Å²) >= 11 is 5.74. The van der Waals surface area contributed by atoms with Crippen molar-refractivity contribution in [2.24, 2.45) is 0 Å². The molecule has 0 aliphatic carbocycles. The fourth-order valence-electron chi connectivity index (χ4n) is 7.91. The van der Waals surface area contributed by atoms with Crippen LogP contribution in [-0.4, -0.2) is 29.9 Å². The van der Waals surface area contributed by atoms with E-state index in [1.165, 1.54) is 91.8 Å². The van der Waals surface area contributed by atoms with Gasteiger partial charge in [0.25, 0.3) is 0 Å². The third kappa shape index (κ3) is 10.1. The van der Waals surface area contributed by atoms with Gasteiger partial charge in [-0.3, -0.25) is 19.9 Å². The van der Waals surface area contributed by atoms with E-state index in [1.807, 2.05) is 132 Å². The van der Waals surface area contributed by atoms with Crippen molar-refractivity contribution in [1.29, 1.82) is 0 Å². The van der Waals surface area contributed by atoms with E-state index >= 15 is 0 Å². The van der Waals surface area contributed by atoms with Crippen LogP contribution in [0.15, 0.2) is 146 Å². The van der Waals surface area contributed by atoms with E-state index in [9.17, 15) is 0 Å². The Balaban J connectivity index is 1.13. The molecule has 0 aliphatic rings. The highest BCUT2D eigenvalue weighted by molar-refractivity contribution is 7.28. The monoisotopic (exact) mass is 878 g/mol. The first-order valence-corrected chi connectivity index (χ1v) is 24.6. The van der Waals surface area contributed by atoms with E-state index in [0.717, 1.165) is 69.5 Å². The van der Waals surface area contributed by atoms with Crippen molar-refractivity contribution in [2.75, 3.05) is 0 Å². The molecule has 0 unspecified atom stereocenters. The maximum absolute atomic E-state index is 5.09. The highest BCUT2D eigenvalue weighted by atomic mass is 32.1. The summed E-state index contributed by atoms with van der Waals surface area (Å²) in [5.41, 5.74) is 11.9. The average Bonchev–Trinajstić information content (AvgIpc) is 4.12. The summed E-state index contributed by atoms with van der Waals surface area (Å²) in [4.78, 5) is 36.7. The van der Waals surface area contributed by atoms with Gasteiger partial charge in [-0.05, 0) is 145 Å². The molecule has 0 amide bonds. The second kappa shape index (κ2) is 20.5. The summed E-state index contributed by atoms with van der Waals surface area (Å²) in [7, 11) is 0. The molecule has 6 nitrogen and oxygen atoms in total. The zero-order valence-electron chi connectivity index (χ0n) is 35.8. The summed E-state index contributed by atoms with van der Waals surface area (Å²) in [6.45, 7) is 4.58. The molecule has 9 aromatic heterocycles. The van der Waals surface area contributed by atoms with E-state index in [0.29, 0.717) is 0 Å². The Labute approximate surface area is 383 Å². The van der Waals surface area contributed by atoms with Gasteiger partial charge in [-0.2, -0.15) is 0 Å². The van der Waals surface area contributed by atoms with Gasteiger partial charge in [0, 0.05) is 54.1 Å². The quantitative estimate of drug-likeness (QED) is 0.0799. The molecule has 9 aromatic rings. The van der Waals surface area contributed by atoms with Crippen LogP contribution in [0, 0.1) is 0 Å². The Morgan fingerprint density at radius 2 is 0.746 bits per heavy atom. The van der Waals surface area contributed by atoms with Crippen molar-refractivity contribution in [3.8, 4) is 85.9 Å². The van der Waals surface area contributed by atoms with Crippen LogP contribution in [0.1, 0.15) is 76.3 Å². The minimum atomic E-state index is 0.838. The average molecular weight is 879 g/mol. The zero-order valence-corrected chi connectivity index (χ0v) is 38.3. The fraction of sp³-hybridized carbons (Fsp3) is 0.222. The summed E-state index contributed by atoms with van der Waals surface area (Å²) in [5, 5.41) is 0.